The third kappa shape index (κ3) is 4.02. The number of benzene rings is 5. The molecule has 0 unspecified atom stereocenters. The Labute approximate surface area is 184 Å². The number of hydrogen-bond acceptors (Lipinski definition) is 0. The van der Waals surface area contributed by atoms with E-state index in [1.165, 1.54) is 22.9 Å². The Hall–Kier alpha value is -3.85. The van der Waals surface area contributed by atoms with E-state index in [1.54, 1.807) is 0 Å². The van der Waals surface area contributed by atoms with Gasteiger partial charge in [-0.25, -0.2) is 0 Å². The molecule has 0 radical (unpaired) electrons. The molecule has 0 saturated heterocycles. The molecule has 0 atom stereocenters. The van der Waals surface area contributed by atoms with Crippen LogP contribution in [0.2, 0.25) is 0 Å². The lowest BCUT2D eigenvalue weighted by Gasteiger charge is -2.10. The molecule has 3 heteroatoms. The first-order valence-corrected chi connectivity index (χ1v) is 10.3. The van der Waals surface area contributed by atoms with E-state index in [-0.39, 0.29) is 0 Å². The highest BCUT2D eigenvalue weighted by Crippen LogP contribution is 2.32. The molecule has 0 aliphatic heterocycles. The second-order valence-electron chi connectivity index (χ2n) is 7.80. The standard InChI is InChI=1S/C29H19F3/c30-29(31,32)28-16-14-22(15-17-28)21-8-10-23(11-9-21)25-6-3-7-26(18-25)27-13-12-20-4-1-2-5-24(20)19-27/h1-19H. The van der Waals surface area contributed by atoms with Gasteiger partial charge in [0.1, 0.15) is 0 Å². The number of hydrogen-bond donors (Lipinski definition) is 0. The minimum atomic E-state index is -4.32. The summed E-state index contributed by atoms with van der Waals surface area (Å²) in [5.74, 6) is 0. The second-order valence-corrected chi connectivity index (χ2v) is 7.80. The van der Waals surface area contributed by atoms with Gasteiger partial charge in [-0.05, 0) is 68.4 Å². The van der Waals surface area contributed by atoms with E-state index in [4.69, 9.17) is 0 Å². The molecule has 0 nitrogen and oxygen atoms in total. The number of fused-ring (bicyclic) bond motifs is 1. The predicted octanol–water partition coefficient (Wildman–Crippen LogP) is 8.86. The highest BCUT2D eigenvalue weighted by atomic mass is 19.4. The topological polar surface area (TPSA) is 0 Å². The van der Waals surface area contributed by atoms with E-state index >= 15 is 0 Å². The zero-order valence-corrected chi connectivity index (χ0v) is 17.1. The highest BCUT2D eigenvalue weighted by molar-refractivity contribution is 5.88. The molecule has 32 heavy (non-hydrogen) atoms. The summed E-state index contributed by atoms with van der Waals surface area (Å²) in [7, 11) is 0. The summed E-state index contributed by atoms with van der Waals surface area (Å²) in [6.45, 7) is 0. The summed E-state index contributed by atoms with van der Waals surface area (Å²) in [4.78, 5) is 0. The van der Waals surface area contributed by atoms with Crippen LogP contribution in [-0.2, 0) is 6.18 Å². The monoisotopic (exact) mass is 424 g/mol. The van der Waals surface area contributed by atoms with Gasteiger partial charge in [-0.3, -0.25) is 0 Å². The van der Waals surface area contributed by atoms with Gasteiger partial charge in [0, 0.05) is 0 Å². The molecule has 5 aromatic carbocycles. The van der Waals surface area contributed by atoms with Crippen LogP contribution >= 0.6 is 0 Å². The van der Waals surface area contributed by atoms with Crippen molar-refractivity contribution in [2.24, 2.45) is 0 Å². The van der Waals surface area contributed by atoms with Crippen LogP contribution in [0.1, 0.15) is 5.56 Å². The largest absolute Gasteiger partial charge is 0.416 e. The lowest BCUT2D eigenvalue weighted by molar-refractivity contribution is -0.137. The Kier molecular flexibility index (Phi) is 5.02. The molecule has 0 aliphatic carbocycles. The lowest BCUT2D eigenvalue weighted by Crippen LogP contribution is -2.03. The molecule has 0 fully saturated rings. The van der Waals surface area contributed by atoms with Crippen molar-refractivity contribution in [3.63, 3.8) is 0 Å². The Morgan fingerprint density at radius 3 is 1.47 bits per heavy atom. The van der Waals surface area contributed by atoms with Gasteiger partial charge in [0.2, 0.25) is 0 Å². The fraction of sp³-hybridized carbons (Fsp3) is 0.0345. The summed E-state index contributed by atoms with van der Waals surface area (Å²) in [5, 5.41) is 2.42. The predicted molar refractivity (Wildman–Crippen MR) is 125 cm³/mol. The molecular weight excluding hydrogens is 405 g/mol. The van der Waals surface area contributed by atoms with E-state index in [0.29, 0.717) is 0 Å². The zero-order valence-electron chi connectivity index (χ0n) is 17.1. The van der Waals surface area contributed by atoms with E-state index in [0.717, 1.165) is 45.5 Å². The summed E-state index contributed by atoms with van der Waals surface area (Å²) in [6.07, 6.45) is -4.32. The van der Waals surface area contributed by atoms with Crippen LogP contribution in [0.5, 0.6) is 0 Å². The van der Waals surface area contributed by atoms with Crippen LogP contribution in [-0.4, -0.2) is 0 Å². The van der Waals surface area contributed by atoms with E-state index in [2.05, 4.69) is 48.5 Å². The van der Waals surface area contributed by atoms with Crippen molar-refractivity contribution in [3.05, 3.63) is 121 Å². The van der Waals surface area contributed by atoms with Crippen LogP contribution in [0.4, 0.5) is 13.2 Å². The number of alkyl halides is 3. The third-order valence-electron chi connectivity index (χ3n) is 5.71. The molecule has 0 spiro atoms. The maximum absolute atomic E-state index is 12.8. The minimum absolute atomic E-state index is 0.636. The van der Waals surface area contributed by atoms with E-state index in [9.17, 15) is 13.2 Å². The maximum Gasteiger partial charge on any atom is 0.416 e. The van der Waals surface area contributed by atoms with Crippen molar-refractivity contribution in [2.45, 2.75) is 6.18 Å². The van der Waals surface area contributed by atoms with Crippen LogP contribution in [0, 0.1) is 0 Å². The fourth-order valence-electron chi connectivity index (χ4n) is 3.95. The van der Waals surface area contributed by atoms with E-state index < -0.39 is 11.7 Å². The van der Waals surface area contributed by atoms with Gasteiger partial charge >= 0.3 is 6.18 Å². The summed E-state index contributed by atoms with van der Waals surface area (Å²) < 4.78 is 38.4. The summed E-state index contributed by atoms with van der Waals surface area (Å²) >= 11 is 0. The van der Waals surface area contributed by atoms with Crippen LogP contribution < -0.4 is 0 Å². The molecule has 0 bridgehead atoms. The van der Waals surface area contributed by atoms with Crippen molar-refractivity contribution >= 4 is 10.8 Å². The molecule has 5 aromatic rings. The Morgan fingerprint density at radius 2 is 0.844 bits per heavy atom. The normalized spacial score (nSPS) is 11.6. The Morgan fingerprint density at radius 1 is 0.375 bits per heavy atom. The molecule has 156 valence electrons. The summed E-state index contributed by atoms with van der Waals surface area (Å²) in [6, 6.07) is 36.3. The first-order valence-electron chi connectivity index (χ1n) is 10.3. The van der Waals surface area contributed by atoms with Gasteiger partial charge in [-0.2, -0.15) is 13.2 Å². The van der Waals surface area contributed by atoms with Crippen LogP contribution in [0.25, 0.3) is 44.2 Å². The molecule has 0 aliphatic rings. The average molecular weight is 424 g/mol. The van der Waals surface area contributed by atoms with Crippen molar-refractivity contribution in [2.75, 3.05) is 0 Å². The van der Waals surface area contributed by atoms with Crippen molar-refractivity contribution in [1.29, 1.82) is 0 Å². The molecule has 0 N–H and O–H groups in total. The molecular formula is C29H19F3. The van der Waals surface area contributed by atoms with Crippen LogP contribution in [0.3, 0.4) is 0 Å². The van der Waals surface area contributed by atoms with Crippen LogP contribution in [0.15, 0.2) is 115 Å². The molecule has 5 rings (SSSR count). The Balaban J connectivity index is 1.43. The lowest BCUT2D eigenvalue weighted by atomic mass is 9.96. The smallest absolute Gasteiger partial charge is 0.166 e. The van der Waals surface area contributed by atoms with Gasteiger partial charge in [-0.1, -0.05) is 91.0 Å². The zero-order chi connectivity index (χ0) is 22.1. The average Bonchev–Trinajstić information content (AvgIpc) is 2.83. The number of rotatable bonds is 3. The molecule has 0 saturated carbocycles. The van der Waals surface area contributed by atoms with Crippen molar-refractivity contribution in [3.8, 4) is 33.4 Å². The SMILES string of the molecule is FC(F)(F)c1ccc(-c2ccc(-c3cccc(-c4ccc5ccccc5c4)c3)cc2)cc1. The van der Waals surface area contributed by atoms with Gasteiger partial charge in [0.15, 0.2) is 0 Å². The minimum Gasteiger partial charge on any atom is -0.166 e. The Bertz CT molecular complexity index is 1380. The van der Waals surface area contributed by atoms with Gasteiger partial charge < -0.3 is 0 Å². The fourth-order valence-corrected chi connectivity index (χ4v) is 3.95. The molecule has 0 aromatic heterocycles. The van der Waals surface area contributed by atoms with Gasteiger partial charge in [0.25, 0.3) is 0 Å². The first kappa shape index (κ1) is 20.1. The summed E-state index contributed by atoms with van der Waals surface area (Å²) in [5.41, 5.74) is 5.45. The third-order valence-corrected chi connectivity index (χ3v) is 5.71. The quantitative estimate of drug-likeness (QED) is 0.271. The molecule has 0 heterocycles. The van der Waals surface area contributed by atoms with Crippen molar-refractivity contribution < 1.29 is 13.2 Å². The first-order chi connectivity index (χ1) is 15.5. The van der Waals surface area contributed by atoms with Gasteiger partial charge in [0.05, 0.1) is 5.56 Å². The highest BCUT2D eigenvalue weighted by Gasteiger charge is 2.29. The molecule has 0 amide bonds. The number of halogens is 3. The van der Waals surface area contributed by atoms with E-state index in [1.807, 2.05) is 42.5 Å². The van der Waals surface area contributed by atoms with Gasteiger partial charge in [-0.15, -0.1) is 0 Å². The van der Waals surface area contributed by atoms with Crippen molar-refractivity contribution in [1.82, 2.24) is 0 Å². The second kappa shape index (κ2) is 8.01. The maximum atomic E-state index is 12.8.